The number of carbonyl (C=O) groups excluding carboxylic acids is 1. The van der Waals surface area contributed by atoms with Crippen LogP contribution in [-0.4, -0.2) is 85.0 Å². The molecule has 166 valence electrons. The molecular weight excluding hydrogens is 418 g/mol. The van der Waals surface area contributed by atoms with Crippen LogP contribution in [0.5, 0.6) is 0 Å². The Morgan fingerprint density at radius 1 is 0.968 bits per heavy atom. The summed E-state index contributed by atoms with van der Waals surface area (Å²) in [6.45, 7) is 6.78. The van der Waals surface area contributed by atoms with Crippen molar-refractivity contribution in [2.45, 2.75) is 31.0 Å². The Hall–Kier alpha value is -2.56. The van der Waals surface area contributed by atoms with E-state index in [2.05, 4.69) is 9.97 Å². The highest BCUT2D eigenvalue weighted by Gasteiger charge is 2.32. The fourth-order valence-corrected chi connectivity index (χ4v) is 5.58. The molecular formula is C21H27N5O4S. The third kappa shape index (κ3) is 4.70. The number of carbonyl (C=O) groups is 1. The van der Waals surface area contributed by atoms with Gasteiger partial charge in [-0.1, -0.05) is 0 Å². The van der Waals surface area contributed by atoms with Gasteiger partial charge in [0.05, 0.1) is 17.1 Å². The van der Waals surface area contributed by atoms with E-state index in [-0.39, 0.29) is 23.0 Å². The lowest BCUT2D eigenvalue weighted by Gasteiger charge is -2.35. The molecule has 2 atom stereocenters. The zero-order chi connectivity index (χ0) is 22.0. The lowest BCUT2D eigenvalue weighted by molar-refractivity contribution is -0.0440. The Morgan fingerprint density at radius 3 is 2.13 bits per heavy atom. The minimum atomic E-state index is -3.63. The van der Waals surface area contributed by atoms with Crippen molar-refractivity contribution in [1.29, 1.82) is 0 Å². The second-order valence-corrected chi connectivity index (χ2v) is 9.87. The summed E-state index contributed by atoms with van der Waals surface area (Å²) in [6, 6.07) is 7.99. The fourth-order valence-electron chi connectivity index (χ4n) is 3.99. The highest BCUT2D eigenvalue weighted by Crippen LogP contribution is 2.22. The largest absolute Gasteiger partial charge is 0.373 e. The number of hydrogen-bond acceptors (Lipinski definition) is 7. The quantitative estimate of drug-likeness (QED) is 0.699. The van der Waals surface area contributed by atoms with E-state index in [1.807, 2.05) is 18.7 Å². The molecule has 1 amide bonds. The number of anilines is 1. The first kappa shape index (κ1) is 21.7. The Morgan fingerprint density at radius 2 is 1.55 bits per heavy atom. The van der Waals surface area contributed by atoms with Crippen LogP contribution in [-0.2, 0) is 14.8 Å². The van der Waals surface area contributed by atoms with Gasteiger partial charge in [-0.2, -0.15) is 4.31 Å². The summed E-state index contributed by atoms with van der Waals surface area (Å²) < 4.78 is 33.1. The van der Waals surface area contributed by atoms with E-state index in [1.165, 1.54) is 16.4 Å². The number of amides is 1. The van der Waals surface area contributed by atoms with Gasteiger partial charge in [-0.3, -0.25) is 4.79 Å². The van der Waals surface area contributed by atoms with E-state index in [1.54, 1.807) is 35.5 Å². The van der Waals surface area contributed by atoms with Gasteiger partial charge in [-0.25, -0.2) is 18.4 Å². The van der Waals surface area contributed by atoms with Gasteiger partial charge >= 0.3 is 0 Å². The SMILES string of the molecule is C[C@@H]1CN(S(=O)(=O)c2ccc(C(=O)N3CCN(c4ncccn4)CC3)cc2)C[C@@H](C)O1. The van der Waals surface area contributed by atoms with E-state index < -0.39 is 10.0 Å². The minimum Gasteiger partial charge on any atom is -0.373 e. The molecule has 0 bridgehead atoms. The van der Waals surface area contributed by atoms with Crippen LogP contribution >= 0.6 is 0 Å². The Balaban J connectivity index is 1.41. The van der Waals surface area contributed by atoms with Gasteiger partial charge in [-0.05, 0) is 44.2 Å². The van der Waals surface area contributed by atoms with Gasteiger partial charge in [0.25, 0.3) is 5.91 Å². The first-order valence-electron chi connectivity index (χ1n) is 10.4. The van der Waals surface area contributed by atoms with Crippen molar-refractivity contribution < 1.29 is 17.9 Å². The predicted molar refractivity (Wildman–Crippen MR) is 115 cm³/mol. The zero-order valence-corrected chi connectivity index (χ0v) is 18.5. The van der Waals surface area contributed by atoms with Crippen LogP contribution < -0.4 is 4.90 Å². The lowest BCUT2D eigenvalue weighted by atomic mass is 10.2. The van der Waals surface area contributed by atoms with Crippen LogP contribution in [0, 0.1) is 0 Å². The van der Waals surface area contributed by atoms with E-state index in [9.17, 15) is 13.2 Å². The molecule has 10 heteroatoms. The summed E-state index contributed by atoms with van der Waals surface area (Å²) >= 11 is 0. The standard InChI is InChI=1S/C21H27N5O4S/c1-16-14-26(15-17(2)30-16)31(28,29)19-6-4-18(5-7-19)20(27)24-10-12-25(13-11-24)21-22-8-3-9-23-21/h3-9,16-17H,10-15H2,1-2H3/t16-,17-/m1/s1. The smallest absolute Gasteiger partial charge is 0.253 e. The van der Waals surface area contributed by atoms with Crippen molar-refractivity contribution >= 4 is 21.9 Å². The number of piperazine rings is 1. The lowest BCUT2D eigenvalue weighted by Crippen LogP contribution is -2.49. The number of nitrogens with zero attached hydrogens (tertiary/aromatic N) is 5. The number of ether oxygens (including phenoxy) is 1. The summed E-state index contributed by atoms with van der Waals surface area (Å²) in [6.07, 6.45) is 3.10. The van der Waals surface area contributed by atoms with Gasteiger partial charge < -0.3 is 14.5 Å². The van der Waals surface area contributed by atoms with Gasteiger partial charge in [0, 0.05) is 57.2 Å². The first-order chi connectivity index (χ1) is 14.8. The summed E-state index contributed by atoms with van der Waals surface area (Å²) in [7, 11) is -3.63. The third-order valence-corrected chi connectivity index (χ3v) is 7.37. The van der Waals surface area contributed by atoms with Crippen molar-refractivity contribution in [2.24, 2.45) is 0 Å². The predicted octanol–water partition coefficient (Wildman–Crippen LogP) is 1.24. The van der Waals surface area contributed by atoms with E-state index in [0.29, 0.717) is 50.8 Å². The second-order valence-electron chi connectivity index (χ2n) is 7.93. The van der Waals surface area contributed by atoms with Crippen molar-refractivity contribution in [3.05, 3.63) is 48.3 Å². The van der Waals surface area contributed by atoms with Crippen LogP contribution in [0.1, 0.15) is 24.2 Å². The molecule has 2 aliphatic rings. The molecule has 31 heavy (non-hydrogen) atoms. The number of morpholine rings is 1. The van der Waals surface area contributed by atoms with Crippen molar-refractivity contribution in [1.82, 2.24) is 19.2 Å². The fraction of sp³-hybridized carbons (Fsp3) is 0.476. The Bertz CT molecular complexity index is 998. The summed E-state index contributed by atoms with van der Waals surface area (Å²) in [4.78, 5) is 25.4. The molecule has 0 unspecified atom stereocenters. The number of aromatic nitrogens is 2. The molecule has 3 heterocycles. The molecule has 2 aliphatic heterocycles. The highest BCUT2D eigenvalue weighted by molar-refractivity contribution is 7.89. The zero-order valence-electron chi connectivity index (χ0n) is 17.7. The molecule has 0 saturated carbocycles. The molecule has 2 saturated heterocycles. The number of benzene rings is 1. The van der Waals surface area contributed by atoms with Crippen LogP contribution in [0.4, 0.5) is 5.95 Å². The summed E-state index contributed by atoms with van der Waals surface area (Å²) in [5.41, 5.74) is 0.479. The molecule has 1 aromatic heterocycles. The number of sulfonamides is 1. The Labute approximate surface area is 182 Å². The molecule has 2 aromatic rings. The topological polar surface area (TPSA) is 95.9 Å². The van der Waals surface area contributed by atoms with Crippen LogP contribution in [0.3, 0.4) is 0 Å². The molecule has 4 rings (SSSR count). The van der Waals surface area contributed by atoms with E-state index in [4.69, 9.17) is 4.74 Å². The molecule has 2 fully saturated rings. The molecule has 1 aromatic carbocycles. The van der Waals surface area contributed by atoms with Crippen LogP contribution in [0.2, 0.25) is 0 Å². The van der Waals surface area contributed by atoms with Crippen LogP contribution in [0.25, 0.3) is 0 Å². The van der Waals surface area contributed by atoms with Crippen molar-refractivity contribution in [2.75, 3.05) is 44.2 Å². The van der Waals surface area contributed by atoms with Crippen molar-refractivity contribution in [3.8, 4) is 0 Å². The summed E-state index contributed by atoms with van der Waals surface area (Å²) in [5, 5.41) is 0. The number of rotatable bonds is 4. The van der Waals surface area contributed by atoms with Gasteiger partial charge in [0.15, 0.2) is 0 Å². The molecule has 0 spiro atoms. The number of hydrogen-bond donors (Lipinski definition) is 0. The summed E-state index contributed by atoms with van der Waals surface area (Å²) in [5.74, 6) is 0.558. The molecule has 9 nitrogen and oxygen atoms in total. The minimum absolute atomic E-state index is 0.105. The molecule has 0 radical (unpaired) electrons. The molecule has 0 aliphatic carbocycles. The van der Waals surface area contributed by atoms with Gasteiger partial charge in [0.1, 0.15) is 0 Å². The maximum atomic E-state index is 13.0. The average molecular weight is 446 g/mol. The first-order valence-corrected chi connectivity index (χ1v) is 11.9. The highest BCUT2D eigenvalue weighted by atomic mass is 32.2. The average Bonchev–Trinajstić information content (AvgIpc) is 2.79. The third-order valence-electron chi connectivity index (χ3n) is 5.53. The van der Waals surface area contributed by atoms with Crippen molar-refractivity contribution in [3.63, 3.8) is 0 Å². The van der Waals surface area contributed by atoms with Crippen LogP contribution in [0.15, 0.2) is 47.6 Å². The van der Waals surface area contributed by atoms with Gasteiger partial charge in [0.2, 0.25) is 16.0 Å². The normalized spacial score (nSPS) is 23.0. The van der Waals surface area contributed by atoms with E-state index in [0.717, 1.165) is 0 Å². The monoisotopic (exact) mass is 445 g/mol. The Kier molecular flexibility index (Phi) is 6.22. The second kappa shape index (κ2) is 8.89. The molecule has 0 N–H and O–H groups in total. The maximum Gasteiger partial charge on any atom is 0.253 e. The van der Waals surface area contributed by atoms with Gasteiger partial charge in [-0.15, -0.1) is 0 Å². The maximum absolute atomic E-state index is 13.0. The van der Waals surface area contributed by atoms with E-state index >= 15 is 0 Å².